The second-order valence-corrected chi connectivity index (χ2v) is 3.36. The normalized spacial score (nSPS) is 12.6. The van der Waals surface area contributed by atoms with Crippen LogP contribution in [0.1, 0.15) is 29.8 Å². The van der Waals surface area contributed by atoms with Gasteiger partial charge in [0.15, 0.2) is 0 Å². The van der Waals surface area contributed by atoms with E-state index in [1.165, 1.54) is 0 Å². The first-order valence-electron chi connectivity index (χ1n) is 4.64. The molecular formula is C11H17NO2. The number of hydrogen-bond donors (Lipinski definition) is 0. The Bertz CT molecular complexity index is 323. The van der Waals surface area contributed by atoms with Crippen LogP contribution in [-0.2, 0) is 4.74 Å². The van der Waals surface area contributed by atoms with Crippen molar-refractivity contribution in [2.24, 2.45) is 0 Å². The van der Waals surface area contributed by atoms with Crippen LogP contribution in [0.15, 0.2) is 6.20 Å². The first-order valence-corrected chi connectivity index (χ1v) is 4.64. The van der Waals surface area contributed by atoms with Crippen LogP contribution in [-0.4, -0.2) is 19.2 Å². The number of ether oxygens (including phenoxy) is 2. The number of hydrogen-bond acceptors (Lipinski definition) is 3. The maximum absolute atomic E-state index is 5.32. The Balaban J connectivity index is 3.21. The van der Waals surface area contributed by atoms with Gasteiger partial charge in [0.05, 0.1) is 18.9 Å². The third-order valence-electron chi connectivity index (χ3n) is 2.42. The van der Waals surface area contributed by atoms with E-state index in [1.807, 2.05) is 27.0 Å². The maximum atomic E-state index is 5.32. The molecule has 0 saturated carbocycles. The van der Waals surface area contributed by atoms with Crippen molar-refractivity contribution >= 4 is 0 Å². The van der Waals surface area contributed by atoms with Gasteiger partial charge in [-0.25, -0.2) is 0 Å². The van der Waals surface area contributed by atoms with Crippen LogP contribution in [0.3, 0.4) is 0 Å². The van der Waals surface area contributed by atoms with Gasteiger partial charge in [-0.3, -0.25) is 4.98 Å². The molecule has 1 unspecified atom stereocenters. The molecule has 1 rings (SSSR count). The molecule has 0 N–H and O–H groups in total. The van der Waals surface area contributed by atoms with Crippen molar-refractivity contribution in [2.45, 2.75) is 26.9 Å². The van der Waals surface area contributed by atoms with Gasteiger partial charge >= 0.3 is 0 Å². The van der Waals surface area contributed by atoms with Crippen molar-refractivity contribution < 1.29 is 9.47 Å². The van der Waals surface area contributed by atoms with Crippen molar-refractivity contribution in [2.75, 3.05) is 14.2 Å². The van der Waals surface area contributed by atoms with E-state index in [0.29, 0.717) is 0 Å². The summed E-state index contributed by atoms with van der Waals surface area (Å²) in [5.41, 5.74) is 3.05. The molecule has 0 saturated heterocycles. The monoisotopic (exact) mass is 195 g/mol. The van der Waals surface area contributed by atoms with Gasteiger partial charge in [0.2, 0.25) is 0 Å². The molecule has 1 aromatic rings. The Hall–Kier alpha value is -1.09. The molecule has 3 nitrogen and oxygen atoms in total. The maximum Gasteiger partial charge on any atom is 0.128 e. The van der Waals surface area contributed by atoms with E-state index in [1.54, 1.807) is 14.2 Å². The lowest BCUT2D eigenvalue weighted by Crippen LogP contribution is -2.04. The third-order valence-corrected chi connectivity index (χ3v) is 2.42. The molecule has 1 heterocycles. The molecule has 3 heteroatoms. The van der Waals surface area contributed by atoms with Crippen molar-refractivity contribution in [3.8, 4) is 5.75 Å². The summed E-state index contributed by atoms with van der Waals surface area (Å²) in [6.07, 6.45) is 1.82. The van der Waals surface area contributed by atoms with Gasteiger partial charge in [-0.15, -0.1) is 0 Å². The molecule has 0 radical (unpaired) electrons. The zero-order valence-corrected chi connectivity index (χ0v) is 9.42. The smallest absolute Gasteiger partial charge is 0.128 e. The van der Waals surface area contributed by atoms with E-state index in [-0.39, 0.29) is 6.10 Å². The van der Waals surface area contributed by atoms with Gasteiger partial charge in [0.1, 0.15) is 5.75 Å². The van der Waals surface area contributed by atoms with Crippen molar-refractivity contribution in [3.63, 3.8) is 0 Å². The molecule has 1 aromatic heterocycles. The number of aromatic nitrogens is 1. The second kappa shape index (κ2) is 4.42. The molecule has 0 spiro atoms. The van der Waals surface area contributed by atoms with Gasteiger partial charge in [-0.05, 0) is 20.8 Å². The molecule has 0 aliphatic carbocycles. The summed E-state index contributed by atoms with van der Waals surface area (Å²) in [4.78, 5) is 4.35. The van der Waals surface area contributed by atoms with Gasteiger partial charge in [-0.2, -0.15) is 0 Å². The third kappa shape index (κ3) is 1.87. The van der Waals surface area contributed by atoms with Gasteiger partial charge in [0.25, 0.3) is 0 Å². The molecule has 1 atom stereocenters. The summed E-state index contributed by atoms with van der Waals surface area (Å²) < 4.78 is 10.6. The van der Waals surface area contributed by atoms with Crippen LogP contribution >= 0.6 is 0 Å². The van der Waals surface area contributed by atoms with Crippen molar-refractivity contribution in [1.82, 2.24) is 4.98 Å². The lowest BCUT2D eigenvalue weighted by Gasteiger charge is -2.15. The number of methoxy groups -OCH3 is 2. The van der Waals surface area contributed by atoms with Gasteiger partial charge in [0, 0.05) is 24.4 Å². The molecule has 0 aliphatic rings. The van der Waals surface area contributed by atoms with E-state index < -0.39 is 0 Å². The topological polar surface area (TPSA) is 31.4 Å². The Morgan fingerprint density at radius 1 is 1.29 bits per heavy atom. The highest BCUT2D eigenvalue weighted by molar-refractivity contribution is 5.41. The highest BCUT2D eigenvalue weighted by Gasteiger charge is 2.14. The van der Waals surface area contributed by atoms with Crippen molar-refractivity contribution in [1.29, 1.82) is 0 Å². The molecule has 0 amide bonds. The quantitative estimate of drug-likeness (QED) is 0.742. The summed E-state index contributed by atoms with van der Waals surface area (Å²) in [6.45, 7) is 5.97. The summed E-state index contributed by atoms with van der Waals surface area (Å²) in [7, 11) is 3.36. The van der Waals surface area contributed by atoms with Gasteiger partial charge in [-0.1, -0.05) is 0 Å². The highest BCUT2D eigenvalue weighted by Crippen LogP contribution is 2.28. The predicted octanol–water partition coefficient (Wildman–Crippen LogP) is 2.41. The second-order valence-electron chi connectivity index (χ2n) is 3.36. The summed E-state index contributed by atoms with van der Waals surface area (Å²) in [6, 6.07) is 0. The van der Waals surface area contributed by atoms with Crippen LogP contribution in [0, 0.1) is 13.8 Å². The zero-order valence-electron chi connectivity index (χ0n) is 9.42. The standard InChI is InChI=1S/C11H17NO2/c1-7-6-12-10(9(3)13-4)8(2)11(7)14-5/h6,9H,1-5H3. The first-order chi connectivity index (χ1) is 6.61. The predicted molar refractivity (Wildman–Crippen MR) is 55.7 cm³/mol. The number of aryl methyl sites for hydroxylation is 1. The number of pyridine rings is 1. The van der Waals surface area contributed by atoms with E-state index in [2.05, 4.69) is 4.98 Å². The average molecular weight is 195 g/mol. The Morgan fingerprint density at radius 3 is 2.43 bits per heavy atom. The average Bonchev–Trinajstić information content (AvgIpc) is 2.18. The van der Waals surface area contributed by atoms with Crippen molar-refractivity contribution in [3.05, 3.63) is 23.0 Å². The molecule has 0 bridgehead atoms. The minimum Gasteiger partial charge on any atom is -0.496 e. The molecule has 0 aromatic carbocycles. The van der Waals surface area contributed by atoms with Gasteiger partial charge < -0.3 is 9.47 Å². The summed E-state index contributed by atoms with van der Waals surface area (Å²) in [5.74, 6) is 0.902. The summed E-state index contributed by atoms with van der Waals surface area (Å²) >= 11 is 0. The largest absolute Gasteiger partial charge is 0.496 e. The molecule has 0 fully saturated rings. The van der Waals surface area contributed by atoms with Crippen LogP contribution in [0.2, 0.25) is 0 Å². The number of rotatable bonds is 3. The van der Waals surface area contributed by atoms with E-state index in [9.17, 15) is 0 Å². The fourth-order valence-corrected chi connectivity index (χ4v) is 1.57. The Labute approximate surface area is 85.1 Å². The minimum absolute atomic E-state index is 0.00417. The number of nitrogens with zero attached hydrogens (tertiary/aromatic N) is 1. The van der Waals surface area contributed by atoms with E-state index >= 15 is 0 Å². The first kappa shape index (κ1) is 11.0. The lowest BCUT2D eigenvalue weighted by atomic mass is 10.1. The molecule has 14 heavy (non-hydrogen) atoms. The summed E-state index contributed by atoms with van der Waals surface area (Å²) in [5, 5.41) is 0. The SMILES string of the molecule is COc1c(C)cnc(C(C)OC)c1C. The van der Waals surface area contributed by atoms with E-state index in [4.69, 9.17) is 9.47 Å². The Morgan fingerprint density at radius 2 is 1.93 bits per heavy atom. The van der Waals surface area contributed by atoms with Crippen LogP contribution in [0.4, 0.5) is 0 Å². The molecular weight excluding hydrogens is 178 g/mol. The zero-order chi connectivity index (χ0) is 10.7. The fourth-order valence-electron chi connectivity index (χ4n) is 1.57. The van der Waals surface area contributed by atoms with Crippen LogP contribution < -0.4 is 4.74 Å². The molecule has 0 aliphatic heterocycles. The van der Waals surface area contributed by atoms with Crippen LogP contribution in [0.25, 0.3) is 0 Å². The highest BCUT2D eigenvalue weighted by atomic mass is 16.5. The van der Waals surface area contributed by atoms with E-state index in [0.717, 1.165) is 22.6 Å². The minimum atomic E-state index is 0.00417. The van der Waals surface area contributed by atoms with Crippen LogP contribution in [0.5, 0.6) is 5.75 Å². The lowest BCUT2D eigenvalue weighted by molar-refractivity contribution is 0.115. The Kier molecular flexibility index (Phi) is 3.47. The fraction of sp³-hybridized carbons (Fsp3) is 0.545. The molecule has 78 valence electrons.